The molecule has 0 aromatic heterocycles. The van der Waals surface area contributed by atoms with E-state index in [4.69, 9.17) is 9.47 Å². The Morgan fingerprint density at radius 1 is 1.11 bits per heavy atom. The third-order valence-corrected chi connectivity index (χ3v) is 3.39. The Bertz CT molecular complexity index is 366. The maximum absolute atomic E-state index is 5.33. The van der Waals surface area contributed by atoms with Gasteiger partial charge in [0.1, 0.15) is 0 Å². The molecule has 1 N–H and O–H groups in total. The van der Waals surface area contributed by atoms with Gasteiger partial charge in [0.05, 0.1) is 14.2 Å². The SMILES string of the molecule is CCNC(C)C(C)Cc1ccc(OC)c(OC)c1. The zero-order valence-corrected chi connectivity index (χ0v) is 12.1. The van der Waals surface area contributed by atoms with Gasteiger partial charge in [-0.15, -0.1) is 0 Å². The van der Waals surface area contributed by atoms with Crippen LogP contribution in [0.2, 0.25) is 0 Å². The molecule has 102 valence electrons. The van der Waals surface area contributed by atoms with Gasteiger partial charge in [-0.05, 0) is 43.5 Å². The second-order valence-corrected chi connectivity index (χ2v) is 4.72. The van der Waals surface area contributed by atoms with Crippen molar-refractivity contribution in [1.82, 2.24) is 5.32 Å². The lowest BCUT2D eigenvalue weighted by molar-refractivity contribution is 0.353. The average molecular weight is 251 g/mol. The highest BCUT2D eigenvalue weighted by molar-refractivity contribution is 5.43. The normalized spacial score (nSPS) is 14.1. The molecule has 2 atom stereocenters. The fraction of sp³-hybridized carbons (Fsp3) is 0.600. The Labute approximate surface area is 110 Å². The molecule has 0 aliphatic carbocycles. The summed E-state index contributed by atoms with van der Waals surface area (Å²) in [4.78, 5) is 0. The summed E-state index contributed by atoms with van der Waals surface area (Å²) in [5.74, 6) is 2.18. The van der Waals surface area contributed by atoms with Gasteiger partial charge in [0.25, 0.3) is 0 Å². The lowest BCUT2D eigenvalue weighted by atomic mass is 9.94. The van der Waals surface area contributed by atoms with Crippen molar-refractivity contribution in [3.8, 4) is 11.5 Å². The lowest BCUT2D eigenvalue weighted by Crippen LogP contribution is -2.32. The Hall–Kier alpha value is -1.22. The monoisotopic (exact) mass is 251 g/mol. The molecule has 2 unspecified atom stereocenters. The summed E-state index contributed by atoms with van der Waals surface area (Å²) in [5.41, 5.74) is 1.28. The summed E-state index contributed by atoms with van der Waals surface area (Å²) < 4.78 is 10.6. The van der Waals surface area contributed by atoms with Crippen LogP contribution < -0.4 is 14.8 Å². The van der Waals surface area contributed by atoms with Crippen LogP contribution in [0, 0.1) is 5.92 Å². The Morgan fingerprint density at radius 2 is 1.78 bits per heavy atom. The number of hydrogen-bond donors (Lipinski definition) is 1. The topological polar surface area (TPSA) is 30.5 Å². The predicted octanol–water partition coefficient (Wildman–Crippen LogP) is 2.88. The third kappa shape index (κ3) is 3.91. The van der Waals surface area contributed by atoms with Crippen LogP contribution in [0.5, 0.6) is 11.5 Å². The van der Waals surface area contributed by atoms with Gasteiger partial charge in [-0.1, -0.05) is 19.9 Å². The molecule has 0 fully saturated rings. The van der Waals surface area contributed by atoms with Crippen LogP contribution in [0.1, 0.15) is 26.3 Å². The number of rotatable bonds is 7. The lowest BCUT2D eigenvalue weighted by Gasteiger charge is -2.21. The van der Waals surface area contributed by atoms with E-state index < -0.39 is 0 Å². The summed E-state index contributed by atoms with van der Waals surface area (Å²) in [5, 5.41) is 3.46. The predicted molar refractivity (Wildman–Crippen MR) is 75.6 cm³/mol. The summed E-state index contributed by atoms with van der Waals surface area (Å²) >= 11 is 0. The number of benzene rings is 1. The standard InChI is InChI=1S/C15H25NO2/c1-6-16-12(3)11(2)9-13-7-8-14(17-4)15(10-13)18-5/h7-8,10-12,16H,6,9H2,1-5H3. The molecule has 3 nitrogen and oxygen atoms in total. The van der Waals surface area contributed by atoms with Crippen molar-refractivity contribution < 1.29 is 9.47 Å². The first-order chi connectivity index (χ1) is 8.62. The molecule has 0 amide bonds. The average Bonchev–Trinajstić information content (AvgIpc) is 2.38. The van der Waals surface area contributed by atoms with E-state index in [1.54, 1.807) is 14.2 Å². The van der Waals surface area contributed by atoms with Crippen molar-refractivity contribution in [2.75, 3.05) is 20.8 Å². The Kier molecular flexibility index (Phi) is 5.99. The highest BCUT2D eigenvalue weighted by Crippen LogP contribution is 2.28. The fourth-order valence-electron chi connectivity index (χ4n) is 2.08. The quantitative estimate of drug-likeness (QED) is 0.808. The first-order valence-electron chi connectivity index (χ1n) is 6.56. The molecular weight excluding hydrogens is 226 g/mol. The first kappa shape index (κ1) is 14.8. The Balaban J connectivity index is 2.72. The van der Waals surface area contributed by atoms with E-state index in [9.17, 15) is 0 Å². The minimum Gasteiger partial charge on any atom is -0.493 e. The summed E-state index contributed by atoms with van der Waals surface area (Å²) in [6, 6.07) is 6.66. The van der Waals surface area contributed by atoms with Crippen LogP contribution in [0.4, 0.5) is 0 Å². The van der Waals surface area contributed by atoms with Crippen LogP contribution in [0.25, 0.3) is 0 Å². The van der Waals surface area contributed by atoms with Gasteiger partial charge in [0, 0.05) is 6.04 Å². The molecule has 0 aliphatic rings. The van der Waals surface area contributed by atoms with Crippen molar-refractivity contribution in [2.45, 2.75) is 33.2 Å². The van der Waals surface area contributed by atoms with E-state index in [0.717, 1.165) is 24.5 Å². The molecule has 0 heterocycles. The van der Waals surface area contributed by atoms with Crippen LogP contribution in [-0.4, -0.2) is 26.8 Å². The van der Waals surface area contributed by atoms with Crippen LogP contribution in [-0.2, 0) is 6.42 Å². The Morgan fingerprint density at radius 3 is 2.33 bits per heavy atom. The van der Waals surface area contributed by atoms with E-state index in [1.807, 2.05) is 6.07 Å². The van der Waals surface area contributed by atoms with Crippen molar-refractivity contribution >= 4 is 0 Å². The zero-order valence-electron chi connectivity index (χ0n) is 12.1. The van der Waals surface area contributed by atoms with Crippen LogP contribution in [0.15, 0.2) is 18.2 Å². The molecule has 18 heavy (non-hydrogen) atoms. The molecule has 0 aliphatic heterocycles. The van der Waals surface area contributed by atoms with Gasteiger partial charge in [-0.25, -0.2) is 0 Å². The van der Waals surface area contributed by atoms with Gasteiger partial charge in [0.2, 0.25) is 0 Å². The third-order valence-electron chi connectivity index (χ3n) is 3.39. The largest absolute Gasteiger partial charge is 0.493 e. The number of methoxy groups -OCH3 is 2. The maximum Gasteiger partial charge on any atom is 0.160 e. The number of hydrogen-bond acceptors (Lipinski definition) is 3. The molecule has 0 saturated heterocycles. The van der Waals surface area contributed by atoms with Gasteiger partial charge in [-0.2, -0.15) is 0 Å². The minimum atomic E-state index is 0.517. The van der Waals surface area contributed by atoms with Gasteiger partial charge in [-0.3, -0.25) is 0 Å². The maximum atomic E-state index is 5.33. The second kappa shape index (κ2) is 7.27. The molecule has 0 radical (unpaired) electrons. The van der Waals surface area contributed by atoms with E-state index >= 15 is 0 Å². The molecular formula is C15H25NO2. The highest BCUT2D eigenvalue weighted by atomic mass is 16.5. The van der Waals surface area contributed by atoms with Gasteiger partial charge < -0.3 is 14.8 Å². The van der Waals surface area contributed by atoms with Gasteiger partial charge in [0.15, 0.2) is 11.5 Å². The molecule has 0 bridgehead atoms. The van der Waals surface area contributed by atoms with E-state index in [-0.39, 0.29) is 0 Å². The summed E-state index contributed by atoms with van der Waals surface area (Å²) in [6.45, 7) is 7.65. The smallest absolute Gasteiger partial charge is 0.160 e. The van der Waals surface area contributed by atoms with E-state index in [0.29, 0.717) is 12.0 Å². The molecule has 1 rings (SSSR count). The fourth-order valence-corrected chi connectivity index (χ4v) is 2.08. The van der Waals surface area contributed by atoms with Gasteiger partial charge >= 0.3 is 0 Å². The molecule has 0 saturated carbocycles. The molecule has 0 spiro atoms. The second-order valence-electron chi connectivity index (χ2n) is 4.72. The van der Waals surface area contributed by atoms with E-state index in [1.165, 1.54) is 5.56 Å². The van der Waals surface area contributed by atoms with Crippen LogP contribution in [0.3, 0.4) is 0 Å². The highest BCUT2D eigenvalue weighted by Gasteiger charge is 2.13. The van der Waals surface area contributed by atoms with Crippen LogP contribution >= 0.6 is 0 Å². The molecule has 1 aromatic carbocycles. The minimum absolute atomic E-state index is 0.517. The summed E-state index contributed by atoms with van der Waals surface area (Å²) in [7, 11) is 3.33. The summed E-state index contributed by atoms with van der Waals surface area (Å²) in [6.07, 6.45) is 1.04. The van der Waals surface area contributed by atoms with Crippen molar-refractivity contribution in [3.63, 3.8) is 0 Å². The van der Waals surface area contributed by atoms with Crippen molar-refractivity contribution in [1.29, 1.82) is 0 Å². The molecule has 3 heteroatoms. The number of ether oxygens (including phenoxy) is 2. The molecule has 1 aromatic rings. The van der Waals surface area contributed by atoms with Crippen molar-refractivity contribution in [2.24, 2.45) is 5.92 Å². The first-order valence-corrected chi connectivity index (χ1v) is 6.56. The van der Waals surface area contributed by atoms with Crippen molar-refractivity contribution in [3.05, 3.63) is 23.8 Å². The van der Waals surface area contributed by atoms with E-state index in [2.05, 4.69) is 38.2 Å². The zero-order chi connectivity index (χ0) is 13.5. The number of nitrogens with one attached hydrogen (secondary N) is 1.